The van der Waals surface area contributed by atoms with Crippen LogP contribution in [0.3, 0.4) is 0 Å². The van der Waals surface area contributed by atoms with Crippen molar-refractivity contribution in [3.63, 3.8) is 0 Å². The fourth-order valence-corrected chi connectivity index (χ4v) is 1.83. The quantitative estimate of drug-likeness (QED) is 0.775. The van der Waals surface area contributed by atoms with Crippen LogP contribution in [0.4, 0.5) is 4.39 Å². The number of rotatable bonds is 1. The van der Waals surface area contributed by atoms with E-state index < -0.39 is 5.82 Å². The van der Waals surface area contributed by atoms with Crippen LogP contribution in [0.5, 0.6) is 5.75 Å². The maximum Gasteiger partial charge on any atom is 0.166 e. The summed E-state index contributed by atoms with van der Waals surface area (Å²) in [5, 5.41) is 12.9. The highest BCUT2D eigenvalue weighted by molar-refractivity contribution is 6.30. The molecule has 1 saturated heterocycles. The standard InChI is InChI=1S/C10H11ClFNO2/c11-6-3-7(10(14)8(12)4-6)9-5-15-2-1-13-9/h3-4,9,13-14H,1-2,5H2/t9-/m0/s1. The number of nitrogens with one attached hydrogen (secondary N) is 1. The Kier molecular flexibility index (Phi) is 3.09. The fraction of sp³-hybridized carbons (Fsp3) is 0.400. The maximum absolute atomic E-state index is 13.2. The Hall–Kier alpha value is -0.840. The third-order valence-corrected chi connectivity index (χ3v) is 2.57. The Morgan fingerprint density at radius 3 is 3.00 bits per heavy atom. The van der Waals surface area contributed by atoms with Gasteiger partial charge < -0.3 is 15.2 Å². The molecule has 0 aromatic heterocycles. The Balaban J connectivity index is 2.33. The Bertz CT molecular complexity index is 367. The molecular weight excluding hydrogens is 221 g/mol. The molecule has 5 heteroatoms. The van der Waals surface area contributed by atoms with Crippen molar-refractivity contribution in [1.29, 1.82) is 0 Å². The van der Waals surface area contributed by atoms with Gasteiger partial charge >= 0.3 is 0 Å². The zero-order chi connectivity index (χ0) is 10.8. The number of aromatic hydroxyl groups is 1. The van der Waals surface area contributed by atoms with Gasteiger partial charge in [-0.25, -0.2) is 4.39 Å². The summed E-state index contributed by atoms with van der Waals surface area (Å²) < 4.78 is 18.4. The third kappa shape index (κ3) is 2.22. The monoisotopic (exact) mass is 231 g/mol. The molecule has 3 nitrogen and oxygen atoms in total. The first-order chi connectivity index (χ1) is 7.18. The van der Waals surface area contributed by atoms with Crippen LogP contribution >= 0.6 is 11.6 Å². The third-order valence-electron chi connectivity index (χ3n) is 2.35. The van der Waals surface area contributed by atoms with E-state index in [4.69, 9.17) is 16.3 Å². The second-order valence-corrected chi connectivity index (χ2v) is 3.84. The average Bonchev–Trinajstić information content (AvgIpc) is 2.24. The molecule has 1 atom stereocenters. The van der Waals surface area contributed by atoms with Crippen LogP contribution in [-0.4, -0.2) is 24.9 Å². The minimum absolute atomic E-state index is 0.202. The molecular formula is C10H11ClFNO2. The van der Waals surface area contributed by atoms with Gasteiger partial charge in [-0.05, 0) is 12.1 Å². The van der Waals surface area contributed by atoms with Crippen molar-refractivity contribution >= 4 is 11.6 Å². The van der Waals surface area contributed by atoms with E-state index >= 15 is 0 Å². The first kappa shape index (κ1) is 10.7. The molecule has 1 aromatic carbocycles. The Labute approximate surface area is 91.8 Å². The number of phenols is 1. The van der Waals surface area contributed by atoms with Gasteiger partial charge in [0.2, 0.25) is 0 Å². The number of morpholine rings is 1. The van der Waals surface area contributed by atoms with Crippen molar-refractivity contribution in [1.82, 2.24) is 5.32 Å². The topological polar surface area (TPSA) is 41.5 Å². The van der Waals surface area contributed by atoms with Crippen LogP contribution < -0.4 is 5.32 Å². The molecule has 82 valence electrons. The summed E-state index contributed by atoms with van der Waals surface area (Å²) >= 11 is 5.72. The summed E-state index contributed by atoms with van der Waals surface area (Å²) in [7, 11) is 0. The van der Waals surface area contributed by atoms with Gasteiger partial charge in [-0.3, -0.25) is 0 Å². The summed E-state index contributed by atoms with van der Waals surface area (Å²) in [6.45, 7) is 1.71. The normalized spacial score (nSPS) is 21.6. The van der Waals surface area contributed by atoms with E-state index in [0.717, 1.165) is 6.07 Å². The molecule has 1 aromatic rings. The van der Waals surface area contributed by atoms with E-state index in [1.54, 1.807) is 6.07 Å². The Morgan fingerprint density at radius 2 is 2.33 bits per heavy atom. The number of ether oxygens (including phenoxy) is 1. The van der Waals surface area contributed by atoms with Gasteiger partial charge in [0.1, 0.15) is 0 Å². The van der Waals surface area contributed by atoms with Crippen molar-refractivity contribution in [2.24, 2.45) is 0 Å². The molecule has 15 heavy (non-hydrogen) atoms. The molecule has 1 aliphatic rings. The average molecular weight is 232 g/mol. The Morgan fingerprint density at radius 1 is 1.53 bits per heavy atom. The predicted molar refractivity (Wildman–Crippen MR) is 54.6 cm³/mol. The van der Waals surface area contributed by atoms with Crippen molar-refractivity contribution in [2.45, 2.75) is 6.04 Å². The highest BCUT2D eigenvalue weighted by Gasteiger charge is 2.21. The summed E-state index contributed by atoms with van der Waals surface area (Å²) in [4.78, 5) is 0. The first-order valence-electron chi connectivity index (χ1n) is 4.67. The zero-order valence-electron chi connectivity index (χ0n) is 7.96. The number of phenolic OH excluding ortho intramolecular Hbond substituents is 1. The van der Waals surface area contributed by atoms with E-state index in [2.05, 4.69) is 5.32 Å². The molecule has 0 radical (unpaired) electrons. The SMILES string of the molecule is Oc1c(F)cc(Cl)cc1[C@@H]1COCCN1. The van der Waals surface area contributed by atoms with E-state index in [9.17, 15) is 9.50 Å². The minimum Gasteiger partial charge on any atom is -0.505 e. The summed E-state index contributed by atoms with van der Waals surface area (Å²) in [5.41, 5.74) is 0.444. The summed E-state index contributed by atoms with van der Waals surface area (Å²) in [6.07, 6.45) is 0. The lowest BCUT2D eigenvalue weighted by molar-refractivity contribution is 0.0759. The van der Waals surface area contributed by atoms with Crippen molar-refractivity contribution < 1.29 is 14.2 Å². The molecule has 2 rings (SSSR count). The summed E-state index contributed by atoms with van der Waals surface area (Å²) in [5.74, 6) is -1.06. The molecule has 0 bridgehead atoms. The van der Waals surface area contributed by atoms with Crippen LogP contribution in [0, 0.1) is 5.82 Å². The second kappa shape index (κ2) is 4.35. The zero-order valence-corrected chi connectivity index (χ0v) is 8.72. The highest BCUT2D eigenvalue weighted by atomic mass is 35.5. The number of halogens is 2. The maximum atomic E-state index is 13.2. The largest absolute Gasteiger partial charge is 0.505 e. The van der Waals surface area contributed by atoms with Gasteiger partial charge in [0.15, 0.2) is 11.6 Å². The molecule has 0 saturated carbocycles. The smallest absolute Gasteiger partial charge is 0.166 e. The number of hydrogen-bond donors (Lipinski definition) is 2. The lowest BCUT2D eigenvalue weighted by atomic mass is 10.1. The van der Waals surface area contributed by atoms with Crippen LogP contribution in [0.2, 0.25) is 5.02 Å². The van der Waals surface area contributed by atoms with E-state index in [-0.39, 0.29) is 16.8 Å². The van der Waals surface area contributed by atoms with E-state index in [1.807, 2.05) is 0 Å². The van der Waals surface area contributed by atoms with E-state index in [1.165, 1.54) is 0 Å². The molecule has 1 aliphatic heterocycles. The molecule has 2 N–H and O–H groups in total. The van der Waals surface area contributed by atoms with Crippen LogP contribution in [-0.2, 0) is 4.74 Å². The molecule has 1 fully saturated rings. The summed E-state index contributed by atoms with van der Waals surface area (Å²) in [6, 6.07) is 2.43. The van der Waals surface area contributed by atoms with Gasteiger partial charge in [-0.2, -0.15) is 0 Å². The lowest BCUT2D eigenvalue weighted by Crippen LogP contribution is -2.34. The lowest BCUT2D eigenvalue weighted by Gasteiger charge is -2.24. The molecule has 0 unspecified atom stereocenters. The van der Waals surface area contributed by atoms with Crippen molar-refractivity contribution in [3.05, 3.63) is 28.5 Å². The van der Waals surface area contributed by atoms with Crippen LogP contribution in [0.25, 0.3) is 0 Å². The molecule has 0 amide bonds. The molecule has 1 heterocycles. The van der Waals surface area contributed by atoms with Gasteiger partial charge in [0, 0.05) is 17.1 Å². The predicted octanol–water partition coefficient (Wildman–Crippen LogP) is 1.85. The van der Waals surface area contributed by atoms with Gasteiger partial charge in [0.05, 0.1) is 19.3 Å². The van der Waals surface area contributed by atoms with Crippen LogP contribution in [0.15, 0.2) is 12.1 Å². The van der Waals surface area contributed by atoms with Gasteiger partial charge in [-0.15, -0.1) is 0 Å². The highest BCUT2D eigenvalue weighted by Crippen LogP contribution is 2.31. The number of hydrogen-bond acceptors (Lipinski definition) is 3. The van der Waals surface area contributed by atoms with Gasteiger partial charge in [-0.1, -0.05) is 11.6 Å². The van der Waals surface area contributed by atoms with Crippen LogP contribution in [0.1, 0.15) is 11.6 Å². The minimum atomic E-state index is -0.704. The fourth-order valence-electron chi connectivity index (χ4n) is 1.62. The van der Waals surface area contributed by atoms with Crippen molar-refractivity contribution in [2.75, 3.05) is 19.8 Å². The second-order valence-electron chi connectivity index (χ2n) is 3.41. The van der Waals surface area contributed by atoms with Crippen molar-refractivity contribution in [3.8, 4) is 5.75 Å². The number of benzene rings is 1. The molecule has 0 aliphatic carbocycles. The van der Waals surface area contributed by atoms with Gasteiger partial charge in [0.25, 0.3) is 0 Å². The van der Waals surface area contributed by atoms with E-state index in [0.29, 0.717) is 25.3 Å². The first-order valence-corrected chi connectivity index (χ1v) is 5.05. The molecule has 0 spiro atoms.